The van der Waals surface area contributed by atoms with Crippen molar-refractivity contribution >= 4 is 21.1 Å². The highest BCUT2D eigenvalue weighted by Crippen LogP contribution is 2.17. The highest BCUT2D eigenvalue weighted by Gasteiger charge is 2.13. The van der Waals surface area contributed by atoms with Gasteiger partial charge < -0.3 is 4.42 Å². The zero-order chi connectivity index (χ0) is 17.2. The van der Waals surface area contributed by atoms with Crippen LogP contribution in [-0.2, 0) is 16.4 Å². The number of fused-ring (bicyclic) bond motifs is 1. The lowest BCUT2D eigenvalue weighted by Gasteiger charge is -2.09. The van der Waals surface area contributed by atoms with Crippen molar-refractivity contribution in [2.75, 3.05) is 6.54 Å². The number of hydrogen-bond acceptors (Lipinski definition) is 4. The van der Waals surface area contributed by atoms with E-state index in [9.17, 15) is 8.42 Å². The molecule has 0 unspecified atom stereocenters. The summed E-state index contributed by atoms with van der Waals surface area (Å²) in [5.41, 5.74) is 3.63. The molecule has 0 bridgehead atoms. The number of oxazole rings is 1. The van der Waals surface area contributed by atoms with Crippen molar-refractivity contribution in [3.63, 3.8) is 0 Å². The van der Waals surface area contributed by atoms with Gasteiger partial charge in [0.05, 0.1) is 4.90 Å². The predicted octanol–water partition coefficient (Wildman–Crippen LogP) is 3.47. The van der Waals surface area contributed by atoms with E-state index < -0.39 is 10.0 Å². The molecule has 0 atom stereocenters. The Labute approximate surface area is 141 Å². The highest BCUT2D eigenvalue weighted by atomic mass is 32.2. The van der Waals surface area contributed by atoms with Gasteiger partial charge in [-0.1, -0.05) is 32.0 Å². The van der Waals surface area contributed by atoms with E-state index in [-0.39, 0.29) is 0 Å². The van der Waals surface area contributed by atoms with Crippen molar-refractivity contribution in [1.82, 2.24) is 9.71 Å². The Morgan fingerprint density at radius 1 is 1.12 bits per heavy atom. The summed E-state index contributed by atoms with van der Waals surface area (Å²) in [4.78, 5) is 4.39. The van der Waals surface area contributed by atoms with E-state index in [2.05, 4.69) is 23.6 Å². The second-order valence-electron chi connectivity index (χ2n) is 6.03. The van der Waals surface area contributed by atoms with Crippen LogP contribution in [0.4, 0.5) is 0 Å². The molecule has 3 aromatic rings. The Bertz CT molecular complexity index is 928. The van der Waals surface area contributed by atoms with Crippen molar-refractivity contribution in [1.29, 1.82) is 0 Å². The topological polar surface area (TPSA) is 72.2 Å². The first-order chi connectivity index (χ1) is 11.5. The Hall–Kier alpha value is -2.18. The molecule has 0 aliphatic rings. The lowest BCUT2D eigenvalue weighted by molar-refractivity contribution is 0.581. The van der Waals surface area contributed by atoms with Crippen LogP contribution in [0.25, 0.3) is 11.1 Å². The monoisotopic (exact) mass is 344 g/mol. The number of hydrogen-bond donors (Lipinski definition) is 1. The largest absolute Gasteiger partial charge is 0.443 e. The third-order valence-electron chi connectivity index (χ3n) is 3.96. The number of nitrogens with one attached hydrogen (secondary N) is 1. The summed E-state index contributed by atoms with van der Waals surface area (Å²) >= 11 is 0. The summed E-state index contributed by atoms with van der Waals surface area (Å²) < 4.78 is 32.5. The van der Waals surface area contributed by atoms with E-state index in [1.807, 2.05) is 30.3 Å². The maximum Gasteiger partial charge on any atom is 0.240 e. The Morgan fingerprint density at radius 3 is 2.58 bits per heavy atom. The van der Waals surface area contributed by atoms with Crippen LogP contribution in [0.3, 0.4) is 0 Å². The summed E-state index contributed by atoms with van der Waals surface area (Å²) in [6.07, 6.45) is 1.99. The first-order valence-electron chi connectivity index (χ1n) is 7.87. The van der Waals surface area contributed by atoms with Crippen LogP contribution in [-0.4, -0.2) is 19.9 Å². The van der Waals surface area contributed by atoms with Gasteiger partial charge in [-0.05, 0) is 47.7 Å². The fraction of sp³-hybridized carbons (Fsp3) is 0.278. The van der Waals surface area contributed by atoms with Gasteiger partial charge in [-0.3, -0.25) is 0 Å². The van der Waals surface area contributed by atoms with Gasteiger partial charge in [0.1, 0.15) is 5.52 Å². The average molecular weight is 344 g/mol. The van der Waals surface area contributed by atoms with Gasteiger partial charge in [0, 0.05) is 6.54 Å². The number of nitrogens with zero attached hydrogens (tertiary/aromatic N) is 1. The first-order valence-corrected chi connectivity index (χ1v) is 9.36. The quantitative estimate of drug-likeness (QED) is 0.743. The van der Waals surface area contributed by atoms with Crippen molar-refractivity contribution < 1.29 is 12.8 Å². The molecule has 1 heterocycles. The zero-order valence-electron chi connectivity index (χ0n) is 13.7. The second-order valence-corrected chi connectivity index (χ2v) is 7.79. The summed E-state index contributed by atoms with van der Waals surface area (Å²) in [7, 11) is -3.49. The van der Waals surface area contributed by atoms with Gasteiger partial charge in [-0.25, -0.2) is 18.1 Å². The standard InChI is InChI=1S/C18H20N2O3S/c1-13(2)15-4-6-16(7-5-15)24(21,22)20-10-9-14-3-8-18-17(11-14)19-12-23-18/h3-8,11-13,20H,9-10H2,1-2H3. The van der Waals surface area contributed by atoms with Crippen LogP contribution in [0, 0.1) is 0 Å². The second kappa shape index (κ2) is 6.75. The minimum absolute atomic E-state index is 0.291. The molecule has 1 aromatic heterocycles. The van der Waals surface area contributed by atoms with Gasteiger partial charge in [0.25, 0.3) is 0 Å². The van der Waals surface area contributed by atoms with Crippen LogP contribution in [0.1, 0.15) is 30.9 Å². The van der Waals surface area contributed by atoms with Crippen molar-refractivity contribution in [3.8, 4) is 0 Å². The van der Waals surface area contributed by atoms with E-state index >= 15 is 0 Å². The SMILES string of the molecule is CC(C)c1ccc(S(=O)(=O)NCCc2ccc3ocnc3c2)cc1. The summed E-state index contributed by atoms with van der Waals surface area (Å²) in [6, 6.07) is 12.7. The number of aromatic nitrogens is 1. The molecule has 2 aromatic carbocycles. The lowest BCUT2D eigenvalue weighted by Crippen LogP contribution is -2.26. The van der Waals surface area contributed by atoms with Gasteiger partial charge in [-0.2, -0.15) is 0 Å². The molecular weight excluding hydrogens is 324 g/mol. The summed E-state index contributed by atoms with van der Waals surface area (Å²) in [5, 5.41) is 0. The molecule has 0 saturated carbocycles. The minimum Gasteiger partial charge on any atom is -0.443 e. The highest BCUT2D eigenvalue weighted by molar-refractivity contribution is 7.89. The third-order valence-corrected chi connectivity index (χ3v) is 5.43. The molecule has 0 amide bonds. The lowest BCUT2D eigenvalue weighted by atomic mass is 10.0. The molecule has 0 aliphatic carbocycles. The molecule has 24 heavy (non-hydrogen) atoms. The molecule has 0 fully saturated rings. The smallest absolute Gasteiger partial charge is 0.240 e. The van der Waals surface area contributed by atoms with Gasteiger partial charge in [-0.15, -0.1) is 0 Å². The summed E-state index contributed by atoms with van der Waals surface area (Å²) in [6.45, 7) is 4.48. The van der Waals surface area contributed by atoms with Crippen molar-refractivity contribution in [2.45, 2.75) is 31.1 Å². The molecule has 0 radical (unpaired) electrons. The van der Waals surface area contributed by atoms with Crippen LogP contribution in [0.15, 0.2) is 58.2 Å². The predicted molar refractivity (Wildman–Crippen MR) is 93.4 cm³/mol. The molecular formula is C18H20N2O3S. The molecule has 6 heteroatoms. The molecule has 0 saturated heterocycles. The van der Waals surface area contributed by atoms with Gasteiger partial charge >= 0.3 is 0 Å². The Balaban J connectivity index is 1.64. The minimum atomic E-state index is -3.49. The maximum atomic E-state index is 12.3. The maximum absolute atomic E-state index is 12.3. The molecule has 0 spiro atoms. The molecule has 3 rings (SSSR count). The summed E-state index contributed by atoms with van der Waals surface area (Å²) in [5.74, 6) is 0.376. The van der Waals surface area contributed by atoms with Gasteiger partial charge in [0.2, 0.25) is 10.0 Å². The fourth-order valence-electron chi connectivity index (χ4n) is 2.50. The Morgan fingerprint density at radius 2 is 1.88 bits per heavy atom. The fourth-order valence-corrected chi connectivity index (χ4v) is 3.54. The van der Waals surface area contributed by atoms with Crippen LogP contribution < -0.4 is 4.72 Å². The first kappa shape index (κ1) is 16.7. The zero-order valence-corrected chi connectivity index (χ0v) is 14.5. The van der Waals surface area contributed by atoms with Crippen LogP contribution in [0.2, 0.25) is 0 Å². The average Bonchev–Trinajstić information content (AvgIpc) is 3.02. The number of benzene rings is 2. The number of sulfonamides is 1. The van der Waals surface area contributed by atoms with Gasteiger partial charge in [0.15, 0.2) is 12.0 Å². The van der Waals surface area contributed by atoms with E-state index in [1.54, 1.807) is 12.1 Å². The van der Waals surface area contributed by atoms with Crippen molar-refractivity contribution in [2.24, 2.45) is 0 Å². The van der Waals surface area contributed by atoms with E-state index in [1.165, 1.54) is 6.39 Å². The molecule has 126 valence electrons. The van der Waals surface area contributed by atoms with Crippen molar-refractivity contribution in [3.05, 3.63) is 60.0 Å². The number of rotatable bonds is 6. The van der Waals surface area contributed by atoms with E-state index in [4.69, 9.17) is 4.42 Å². The van der Waals surface area contributed by atoms with E-state index in [0.29, 0.717) is 23.8 Å². The van der Waals surface area contributed by atoms with Crippen LogP contribution in [0.5, 0.6) is 0 Å². The molecule has 0 aliphatic heterocycles. The van der Waals surface area contributed by atoms with Crippen LogP contribution >= 0.6 is 0 Å². The molecule has 1 N–H and O–H groups in total. The normalized spacial score (nSPS) is 12.1. The van der Waals surface area contributed by atoms with E-state index in [0.717, 1.165) is 22.2 Å². The Kier molecular flexibility index (Phi) is 4.69. The molecule has 5 nitrogen and oxygen atoms in total. The third kappa shape index (κ3) is 3.66.